The van der Waals surface area contributed by atoms with E-state index in [-0.39, 0.29) is 11.8 Å². The van der Waals surface area contributed by atoms with Crippen LogP contribution in [0.15, 0.2) is 60.7 Å². The van der Waals surface area contributed by atoms with Crippen molar-refractivity contribution in [3.8, 4) is 0 Å². The van der Waals surface area contributed by atoms with Gasteiger partial charge in [-0.2, -0.15) is 0 Å². The molecule has 1 aliphatic rings. The first-order chi connectivity index (χ1) is 15.4. The highest BCUT2D eigenvalue weighted by molar-refractivity contribution is 6.35. The van der Waals surface area contributed by atoms with E-state index in [9.17, 15) is 4.79 Å². The Hall–Kier alpha value is -2.82. The fourth-order valence-corrected chi connectivity index (χ4v) is 5.00. The molecule has 1 unspecified atom stereocenters. The number of rotatable bonds is 4. The molecule has 32 heavy (non-hydrogen) atoms. The summed E-state index contributed by atoms with van der Waals surface area (Å²) in [5, 5.41) is 1.24. The number of amides is 1. The molecule has 1 atom stereocenters. The van der Waals surface area contributed by atoms with Gasteiger partial charge >= 0.3 is 0 Å². The number of benzene rings is 3. The standard InChI is InChI=1S/C26H23Cl2N3O/c1-16-6-5-9-23(17(16)2)30-15-19(12-25(30)32)26-29-22-7-3-4-8-24(22)31(26)14-18-10-11-20(27)13-21(18)28/h3-11,13,19H,12,14-15H2,1-2H3. The summed E-state index contributed by atoms with van der Waals surface area (Å²) in [6.45, 7) is 5.33. The Morgan fingerprint density at radius 1 is 1.03 bits per heavy atom. The van der Waals surface area contributed by atoms with Gasteiger partial charge in [0.05, 0.1) is 17.6 Å². The molecule has 4 aromatic rings. The maximum atomic E-state index is 13.1. The van der Waals surface area contributed by atoms with Crippen molar-refractivity contribution in [2.45, 2.75) is 32.7 Å². The van der Waals surface area contributed by atoms with Crippen LogP contribution in [0.2, 0.25) is 10.0 Å². The highest BCUT2D eigenvalue weighted by Crippen LogP contribution is 2.36. The molecule has 1 fully saturated rings. The molecule has 162 valence electrons. The quantitative estimate of drug-likeness (QED) is 0.345. The van der Waals surface area contributed by atoms with Crippen LogP contribution in [-0.2, 0) is 11.3 Å². The lowest BCUT2D eigenvalue weighted by atomic mass is 10.1. The summed E-state index contributed by atoms with van der Waals surface area (Å²) in [4.78, 5) is 19.9. The van der Waals surface area contributed by atoms with E-state index < -0.39 is 0 Å². The van der Waals surface area contributed by atoms with Crippen molar-refractivity contribution in [1.82, 2.24) is 9.55 Å². The zero-order valence-corrected chi connectivity index (χ0v) is 19.5. The number of carbonyl (C=O) groups excluding carboxylic acids is 1. The molecule has 1 aliphatic heterocycles. The molecule has 0 saturated carbocycles. The summed E-state index contributed by atoms with van der Waals surface area (Å²) >= 11 is 12.6. The molecule has 1 saturated heterocycles. The number of aromatic nitrogens is 2. The van der Waals surface area contributed by atoms with Gasteiger partial charge in [0.25, 0.3) is 0 Å². The summed E-state index contributed by atoms with van der Waals surface area (Å²) in [7, 11) is 0. The molecule has 3 aromatic carbocycles. The first-order valence-corrected chi connectivity index (χ1v) is 11.4. The van der Waals surface area contributed by atoms with Crippen molar-refractivity contribution in [3.63, 3.8) is 0 Å². The number of hydrogen-bond acceptors (Lipinski definition) is 2. The number of nitrogens with zero attached hydrogens (tertiary/aromatic N) is 3. The first kappa shape index (κ1) is 21.0. The van der Waals surface area contributed by atoms with Crippen LogP contribution in [0.1, 0.15) is 34.9 Å². The Morgan fingerprint density at radius 2 is 1.84 bits per heavy atom. The third-order valence-electron chi connectivity index (χ3n) is 6.38. The normalized spacial score (nSPS) is 16.3. The lowest BCUT2D eigenvalue weighted by Crippen LogP contribution is -2.25. The highest BCUT2D eigenvalue weighted by Gasteiger charge is 2.35. The van der Waals surface area contributed by atoms with Gasteiger partial charge in [0.2, 0.25) is 5.91 Å². The van der Waals surface area contributed by atoms with Crippen molar-refractivity contribution >= 4 is 45.8 Å². The summed E-state index contributed by atoms with van der Waals surface area (Å²) in [6, 6.07) is 19.7. The molecular formula is C26H23Cl2N3O. The van der Waals surface area contributed by atoms with Gasteiger partial charge in [0, 0.05) is 34.6 Å². The monoisotopic (exact) mass is 463 g/mol. The highest BCUT2D eigenvalue weighted by atomic mass is 35.5. The number of anilines is 1. The molecule has 5 rings (SSSR count). The molecule has 2 heterocycles. The Balaban J connectivity index is 1.55. The Bertz CT molecular complexity index is 1340. The number of carbonyl (C=O) groups is 1. The topological polar surface area (TPSA) is 38.1 Å². The van der Waals surface area contributed by atoms with Crippen LogP contribution >= 0.6 is 23.2 Å². The van der Waals surface area contributed by atoms with Crippen LogP contribution < -0.4 is 4.90 Å². The third kappa shape index (κ3) is 3.68. The second-order valence-corrected chi connectivity index (χ2v) is 9.25. The first-order valence-electron chi connectivity index (χ1n) is 10.7. The van der Waals surface area contributed by atoms with Gasteiger partial charge in [-0.1, -0.05) is 53.5 Å². The summed E-state index contributed by atoms with van der Waals surface area (Å²) < 4.78 is 2.19. The van der Waals surface area contributed by atoms with Gasteiger partial charge < -0.3 is 9.47 Å². The van der Waals surface area contributed by atoms with Gasteiger partial charge in [-0.05, 0) is 60.9 Å². The van der Waals surface area contributed by atoms with E-state index in [0.29, 0.717) is 29.6 Å². The van der Waals surface area contributed by atoms with Gasteiger partial charge in [-0.3, -0.25) is 4.79 Å². The third-order valence-corrected chi connectivity index (χ3v) is 6.97. The molecule has 0 bridgehead atoms. The van der Waals surface area contributed by atoms with Crippen molar-refractivity contribution in [2.75, 3.05) is 11.4 Å². The molecule has 0 spiro atoms. The van der Waals surface area contributed by atoms with Crippen LogP contribution in [0.5, 0.6) is 0 Å². The lowest BCUT2D eigenvalue weighted by Gasteiger charge is -2.20. The number of hydrogen-bond donors (Lipinski definition) is 0. The van der Waals surface area contributed by atoms with Crippen LogP contribution in [0.3, 0.4) is 0 Å². The van der Waals surface area contributed by atoms with Crippen LogP contribution in [0.4, 0.5) is 5.69 Å². The Morgan fingerprint density at radius 3 is 2.66 bits per heavy atom. The fourth-order valence-electron chi connectivity index (χ4n) is 4.53. The molecule has 0 N–H and O–H groups in total. The van der Waals surface area contributed by atoms with Gasteiger partial charge in [-0.25, -0.2) is 4.98 Å². The second-order valence-electron chi connectivity index (χ2n) is 8.41. The number of aryl methyl sites for hydroxylation is 1. The zero-order valence-electron chi connectivity index (χ0n) is 18.0. The predicted molar refractivity (Wildman–Crippen MR) is 131 cm³/mol. The Kier molecular flexibility index (Phi) is 5.44. The van der Waals surface area contributed by atoms with Gasteiger partial charge in [0.1, 0.15) is 5.82 Å². The molecular weight excluding hydrogens is 441 g/mol. The van der Waals surface area contributed by atoms with E-state index in [4.69, 9.17) is 28.2 Å². The smallest absolute Gasteiger partial charge is 0.227 e. The lowest BCUT2D eigenvalue weighted by molar-refractivity contribution is -0.117. The predicted octanol–water partition coefficient (Wildman–Crippen LogP) is 6.53. The summed E-state index contributed by atoms with van der Waals surface area (Å²) in [6.07, 6.45) is 0.436. The van der Waals surface area contributed by atoms with Gasteiger partial charge in [0.15, 0.2) is 0 Å². The van der Waals surface area contributed by atoms with Crippen molar-refractivity contribution < 1.29 is 4.79 Å². The maximum absolute atomic E-state index is 13.1. The Labute approximate surface area is 197 Å². The van der Waals surface area contributed by atoms with Gasteiger partial charge in [-0.15, -0.1) is 0 Å². The van der Waals surface area contributed by atoms with E-state index in [1.54, 1.807) is 6.07 Å². The SMILES string of the molecule is Cc1cccc(N2CC(c3nc4ccccc4n3Cc3ccc(Cl)cc3Cl)CC2=O)c1C. The number of halogens is 2. The van der Waals surface area contributed by atoms with Crippen LogP contribution in [0.25, 0.3) is 11.0 Å². The fraction of sp³-hybridized carbons (Fsp3) is 0.231. The van der Waals surface area contributed by atoms with Crippen molar-refractivity contribution in [3.05, 3.63) is 93.2 Å². The largest absolute Gasteiger partial charge is 0.323 e. The van der Waals surface area contributed by atoms with Crippen LogP contribution in [0, 0.1) is 13.8 Å². The number of imidazole rings is 1. The zero-order chi connectivity index (χ0) is 22.4. The molecule has 1 aromatic heterocycles. The number of para-hydroxylation sites is 2. The minimum atomic E-state index is 0.000822. The molecule has 6 heteroatoms. The average Bonchev–Trinajstić information content (AvgIpc) is 3.33. The van der Waals surface area contributed by atoms with Crippen molar-refractivity contribution in [1.29, 1.82) is 0 Å². The molecule has 4 nitrogen and oxygen atoms in total. The van der Waals surface area contributed by atoms with Crippen LogP contribution in [-0.4, -0.2) is 22.0 Å². The second kappa shape index (κ2) is 8.27. The van der Waals surface area contributed by atoms with E-state index in [1.807, 2.05) is 47.4 Å². The minimum Gasteiger partial charge on any atom is -0.323 e. The van der Waals surface area contributed by atoms with Crippen molar-refractivity contribution in [2.24, 2.45) is 0 Å². The minimum absolute atomic E-state index is 0.000822. The maximum Gasteiger partial charge on any atom is 0.227 e. The molecule has 0 aliphatic carbocycles. The molecule has 1 amide bonds. The number of fused-ring (bicyclic) bond motifs is 1. The van der Waals surface area contributed by atoms with E-state index >= 15 is 0 Å². The average molecular weight is 464 g/mol. The van der Waals surface area contributed by atoms with E-state index in [1.165, 1.54) is 5.56 Å². The molecule has 0 radical (unpaired) electrons. The van der Waals surface area contributed by atoms with E-state index in [0.717, 1.165) is 33.7 Å². The summed E-state index contributed by atoms with van der Waals surface area (Å²) in [5.74, 6) is 1.05. The summed E-state index contributed by atoms with van der Waals surface area (Å²) in [5.41, 5.74) is 6.24. The van der Waals surface area contributed by atoms with E-state index in [2.05, 4.69) is 30.5 Å².